The summed E-state index contributed by atoms with van der Waals surface area (Å²) in [4.78, 5) is 0. The average Bonchev–Trinajstić information content (AvgIpc) is 3.30. The molecule has 2 aromatic rings. The smallest absolute Gasteiger partial charge is 0.0348 e. The molecule has 0 radical (unpaired) electrons. The van der Waals surface area contributed by atoms with Gasteiger partial charge in [0.05, 0.1) is 0 Å². The van der Waals surface area contributed by atoms with Crippen molar-refractivity contribution in [2.75, 3.05) is 6.54 Å². The van der Waals surface area contributed by atoms with Gasteiger partial charge in [-0.05, 0) is 48.8 Å². The Kier molecular flexibility index (Phi) is 3.31. The third kappa shape index (κ3) is 2.63. The van der Waals surface area contributed by atoms with E-state index in [-0.39, 0.29) is 0 Å². The zero-order valence-corrected chi connectivity index (χ0v) is 12.7. The lowest BCUT2D eigenvalue weighted by Crippen LogP contribution is -2.32. The van der Waals surface area contributed by atoms with Gasteiger partial charge < -0.3 is 5.32 Å². The van der Waals surface area contributed by atoms with Crippen LogP contribution in [0.2, 0.25) is 0 Å². The molecule has 0 spiro atoms. The molecule has 2 aliphatic rings. The molecule has 2 aromatic carbocycles. The summed E-state index contributed by atoms with van der Waals surface area (Å²) in [5.41, 5.74) is 5.92. The highest BCUT2D eigenvalue weighted by Crippen LogP contribution is 2.42. The molecule has 0 saturated heterocycles. The SMILES string of the molecule is Cc1ccc(C(NCC2Cc3ccccc32)C2CC2)cc1. The summed E-state index contributed by atoms with van der Waals surface area (Å²) in [7, 11) is 0. The lowest BCUT2D eigenvalue weighted by atomic mass is 9.77. The fourth-order valence-electron chi connectivity index (χ4n) is 3.57. The van der Waals surface area contributed by atoms with Crippen molar-refractivity contribution in [3.63, 3.8) is 0 Å². The van der Waals surface area contributed by atoms with Crippen molar-refractivity contribution in [2.45, 2.75) is 38.1 Å². The van der Waals surface area contributed by atoms with E-state index in [0.29, 0.717) is 12.0 Å². The minimum atomic E-state index is 0.554. The van der Waals surface area contributed by atoms with E-state index in [2.05, 4.69) is 60.8 Å². The standard InChI is InChI=1S/C20H23N/c1-14-6-8-15(9-7-14)20(16-10-11-16)21-13-18-12-17-4-2-3-5-19(17)18/h2-9,16,18,20-21H,10-13H2,1H3. The molecule has 108 valence electrons. The average molecular weight is 277 g/mol. The van der Waals surface area contributed by atoms with E-state index in [4.69, 9.17) is 0 Å². The van der Waals surface area contributed by atoms with Crippen LogP contribution in [0.3, 0.4) is 0 Å². The quantitative estimate of drug-likeness (QED) is 0.855. The zero-order chi connectivity index (χ0) is 14.2. The lowest BCUT2D eigenvalue weighted by Gasteiger charge is -2.32. The number of benzene rings is 2. The Balaban J connectivity index is 1.44. The third-order valence-electron chi connectivity index (χ3n) is 5.08. The molecule has 1 heteroatoms. The van der Waals surface area contributed by atoms with Crippen LogP contribution >= 0.6 is 0 Å². The topological polar surface area (TPSA) is 12.0 Å². The molecule has 1 saturated carbocycles. The highest BCUT2D eigenvalue weighted by atomic mass is 14.9. The van der Waals surface area contributed by atoms with Crippen LogP contribution in [0.1, 0.15) is 47.1 Å². The second-order valence-electron chi connectivity index (χ2n) is 6.73. The molecule has 21 heavy (non-hydrogen) atoms. The van der Waals surface area contributed by atoms with Crippen molar-refractivity contribution in [3.05, 3.63) is 70.8 Å². The summed E-state index contributed by atoms with van der Waals surface area (Å²) < 4.78 is 0. The first-order valence-electron chi connectivity index (χ1n) is 8.19. The summed E-state index contributed by atoms with van der Waals surface area (Å²) in [6.07, 6.45) is 4.01. The van der Waals surface area contributed by atoms with E-state index in [1.165, 1.54) is 30.4 Å². The molecule has 1 nitrogen and oxygen atoms in total. The first-order chi connectivity index (χ1) is 10.3. The molecule has 2 unspecified atom stereocenters. The maximum Gasteiger partial charge on any atom is 0.0348 e. The fourth-order valence-corrected chi connectivity index (χ4v) is 3.57. The Hall–Kier alpha value is -1.60. The lowest BCUT2D eigenvalue weighted by molar-refractivity contribution is 0.437. The van der Waals surface area contributed by atoms with Gasteiger partial charge in [-0.1, -0.05) is 54.1 Å². The Bertz CT molecular complexity index is 625. The Morgan fingerprint density at radius 1 is 1.05 bits per heavy atom. The third-order valence-corrected chi connectivity index (χ3v) is 5.08. The molecular formula is C20H23N. The molecule has 0 bridgehead atoms. The van der Waals surface area contributed by atoms with Crippen LogP contribution < -0.4 is 5.32 Å². The molecule has 1 N–H and O–H groups in total. The number of rotatable bonds is 5. The predicted molar refractivity (Wildman–Crippen MR) is 87.5 cm³/mol. The normalized spacial score (nSPS) is 21.5. The van der Waals surface area contributed by atoms with E-state index in [1.807, 2.05) is 0 Å². The molecule has 1 fully saturated rings. The molecule has 0 heterocycles. The highest BCUT2D eigenvalue weighted by Gasteiger charge is 2.33. The number of nitrogens with one attached hydrogen (secondary N) is 1. The zero-order valence-electron chi connectivity index (χ0n) is 12.7. The Labute approximate surface area is 127 Å². The molecule has 2 aliphatic carbocycles. The van der Waals surface area contributed by atoms with Crippen LogP contribution in [-0.2, 0) is 6.42 Å². The fraction of sp³-hybridized carbons (Fsp3) is 0.400. The summed E-state index contributed by atoms with van der Waals surface area (Å²) >= 11 is 0. The van der Waals surface area contributed by atoms with Crippen LogP contribution in [0.5, 0.6) is 0 Å². The van der Waals surface area contributed by atoms with Gasteiger partial charge in [-0.15, -0.1) is 0 Å². The van der Waals surface area contributed by atoms with Gasteiger partial charge in [0.15, 0.2) is 0 Å². The maximum atomic E-state index is 3.86. The van der Waals surface area contributed by atoms with E-state index >= 15 is 0 Å². The van der Waals surface area contributed by atoms with Gasteiger partial charge in [0.2, 0.25) is 0 Å². The monoisotopic (exact) mass is 277 g/mol. The van der Waals surface area contributed by atoms with Crippen molar-refractivity contribution in [3.8, 4) is 0 Å². The molecule has 0 aliphatic heterocycles. The van der Waals surface area contributed by atoms with Gasteiger partial charge in [0.25, 0.3) is 0 Å². The van der Waals surface area contributed by atoms with Crippen molar-refractivity contribution in [2.24, 2.45) is 5.92 Å². The Morgan fingerprint density at radius 3 is 2.52 bits per heavy atom. The van der Waals surface area contributed by atoms with Crippen LogP contribution in [-0.4, -0.2) is 6.54 Å². The Morgan fingerprint density at radius 2 is 1.81 bits per heavy atom. The van der Waals surface area contributed by atoms with Gasteiger partial charge in [-0.25, -0.2) is 0 Å². The van der Waals surface area contributed by atoms with Crippen molar-refractivity contribution < 1.29 is 0 Å². The molecule has 4 rings (SSSR count). The van der Waals surface area contributed by atoms with Crippen LogP contribution in [0, 0.1) is 12.8 Å². The summed E-state index contributed by atoms with van der Waals surface area (Å²) in [5, 5.41) is 3.86. The van der Waals surface area contributed by atoms with Crippen LogP contribution in [0.4, 0.5) is 0 Å². The second kappa shape index (κ2) is 5.31. The number of aryl methyl sites for hydroxylation is 1. The first kappa shape index (κ1) is 13.1. The van der Waals surface area contributed by atoms with E-state index in [9.17, 15) is 0 Å². The van der Waals surface area contributed by atoms with E-state index < -0.39 is 0 Å². The number of hydrogen-bond acceptors (Lipinski definition) is 1. The first-order valence-corrected chi connectivity index (χ1v) is 8.19. The van der Waals surface area contributed by atoms with Gasteiger partial charge >= 0.3 is 0 Å². The van der Waals surface area contributed by atoms with Gasteiger partial charge in [-0.3, -0.25) is 0 Å². The van der Waals surface area contributed by atoms with Gasteiger partial charge in [-0.2, -0.15) is 0 Å². The molecule has 0 amide bonds. The van der Waals surface area contributed by atoms with E-state index in [0.717, 1.165) is 12.5 Å². The van der Waals surface area contributed by atoms with Crippen LogP contribution in [0.15, 0.2) is 48.5 Å². The summed E-state index contributed by atoms with van der Waals surface area (Å²) in [5.74, 6) is 1.57. The predicted octanol–water partition coefficient (Wildman–Crippen LogP) is 4.38. The molecular weight excluding hydrogens is 254 g/mol. The highest BCUT2D eigenvalue weighted by molar-refractivity contribution is 5.40. The number of hydrogen-bond donors (Lipinski definition) is 1. The van der Waals surface area contributed by atoms with Crippen LogP contribution in [0.25, 0.3) is 0 Å². The summed E-state index contributed by atoms with van der Waals surface area (Å²) in [6, 6.07) is 18.5. The minimum Gasteiger partial charge on any atom is -0.309 e. The molecule has 0 aromatic heterocycles. The largest absolute Gasteiger partial charge is 0.309 e. The van der Waals surface area contributed by atoms with Crippen molar-refractivity contribution in [1.29, 1.82) is 0 Å². The van der Waals surface area contributed by atoms with Gasteiger partial charge in [0.1, 0.15) is 0 Å². The number of fused-ring (bicyclic) bond motifs is 1. The van der Waals surface area contributed by atoms with E-state index in [1.54, 1.807) is 11.1 Å². The van der Waals surface area contributed by atoms with Gasteiger partial charge in [0, 0.05) is 18.5 Å². The van der Waals surface area contributed by atoms with Crippen molar-refractivity contribution in [1.82, 2.24) is 5.32 Å². The molecule has 2 atom stereocenters. The second-order valence-corrected chi connectivity index (χ2v) is 6.73. The minimum absolute atomic E-state index is 0.554. The van der Waals surface area contributed by atoms with Crippen molar-refractivity contribution >= 4 is 0 Å². The maximum absolute atomic E-state index is 3.86. The summed E-state index contributed by atoms with van der Waals surface area (Å²) in [6.45, 7) is 3.28.